The van der Waals surface area contributed by atoms with Gasteiger partial charge in [0.2, 0.25) is 0 Å². The van der Waals surface area contributed by atoms with Crippen LogP contribution in [0.15, 0.2) is 0 Å². The molecule has 0 aliphatic carbocycles. The maximum Gasteiger partial charge on any atom is 0.322 e. The summed E-state index contributed by atoms with van der Waals surface area (Å²) in [5, 5.41) is 18.3. The fourth-order valence-electron chi connectivity index (χ4n) is 1.17. The molecule has 0 spiro atoms. The summed E-state index contributed by atoms with van der Waals surface area (Å²) in [6, 6.07) is -0.879. The molecule has 7 nitrogen and oxygen atoms in total. The van der Waals surface area contributed by atoms with Gasteiger partial charge in [0, 0.05) is 6.54 Å². The average molecular weight is 176 g/mol. The molecule has 0 aromatic rings. The third-order valence-corrected chi connectivity index (χ3v) is 1.66. The molecule has 12 heavy (non-hydrogen) atoms. The summed E-state index contributed by atoms with van der Waals surface area (Å²) in [6.07, 6.45) is 0.994. The van der Waals surface area contributed by atoms with Gasteiger partial charge in [0.15, 0.2) is 0 Å². The minimum absolute atomic E-state index is 0.290. The van der Waals surface area contributed by atoms with Crippen molar-refractivity contribution in [3.05, 3.63) is 10.1 Å². The number of nitrogens with zero attached hydrogens (tertiary/aromatic N) is 2. The first kappa shape index (κ1) is 8.72. The highest BCUT2D eigenvalue weighted by Gasteiger charge is 2.32. The maximum absolute atomic E-state index is 10.4. The van der Waals surface area contributed by atoms with E-state index in [2.05, 4.69) is 4.94 Å². The van der Waals surface area contributed by atoms with Gasteiger partial charge in [0.05, 0.1) is 0 Å². The number of carboxylic acids is 1. The number of hydroxylamine groups is 2. The van der Waals surface area contributed by atoms with E-state index in [1.165, 1.54) is 0 Å². The smallest absolute Gasteiger partial charge is 0.322 e. The predicted molar refractivity (Wildman–Crippen MR) is 35.4 cm³/mol. The number of carboxylic acid groups (broad SMARTS) is 1. The molecule has 1 fully saturated rings. The molecule has 7 heteroatoms. The topological polar surface area (TPSA) is 92.9 Å². The zero-order chi connectivity index (χ0) is 9.14. The molecule has 0 aromatic heterocycles. The van der Waals surface area contributed by atoms with E-state index in [0.717, 1.165) is 5.06 Å². The Bertz CT molecular complexity index is 206. The minimum Gasteiger partial charge on any atom is -0.480 e. The fraction of sp³-hybridized carbons (Fsp3) is 0.800. The van der Waals surface area contributed by atoms with E-state index < -0.39 is 17.1 Å². The Morgan fingerprint density at radius 3 is 2.92 bits per heavy atom. The Morgan fingerprint density at radius 1 is 1.75 bits per heavy atom. The highest BCUT2D eigenvalue weighted by molar-refractivity contribution is 5.73. The van der Waals surface area contributed by atoms with Crippen LogP contribution in [0.2, 0.25) is 0 Å². The van der Waals surface area contributed by atoms with E-state index in [4.69, 9.17) is 5.11 Å². The number of hydrogen-bond donors (Lipinski definition) is 1. The Balaban J connectivity index is 2.52. The summed E-state index contributed by atoms with van der Waals surface area (Å²) in [7, 11) is 0. The number of carbonyl (C=O) groups is 1. The zero-order valence-electron chi connectivity index (χ0n) is 6.17. The normalized spacial score (nSPS) is 23.8. The third-order valence-electron chi connectivity index (χ3n) is 1.66. The Morgan fingerprint density at radius 2 is 2.42 bits per heavy atom. The fourth-order valence-corrected chi connectivity index (χ4v) is 1.17. The first-order valence-corrected chi connectivity index (χ1v) is 3.43. The molecule has 68 valence electrons. The summed E-state index contributed by atoms with van der Waals surface area (Å²) >= 11 is 0. The van der Waals surface area contributed by atoms with Crippen LogP contribution in [-0.4, -0.2) is 33.8 Å². The van der Waals surface area contributed by atoms with E-state index in [-0.39, 0.29) is 6.54 Å². The lowest BCUT2D eigenvalue weighted by atomic mass is 10.2. The summed E-state index contributed by atoms with van der Waals surface area (Å²) in [5.74, 6) is -1.09. The molecule has 0 aromatic carbocycles. The van der Waals surface area contributed by atoms with Crippen molar-refractivity contribution in [2.24, 2.45) is 0 Å². The second kappa shape index (κ2) is 3.35. The standard InChI is InChI=1S/C5H8N2O5/c8-5(9)4-2-1-3-6(4)12-7(10)11/h4H,1-3H2,(H,8,9)/t4-/m0/s1. The predicted octanol–water partition coefficient (Wildman–Crippen LogP) is -0.341. The van der Waals surface area contributed by atoms with Crippen molar-refractivity contribution in [3.8, 4) is 0 Å². The van der Waals surface area contributed by atoms with Crippen molar-refractivity contribution in [1.82, 2.24) is 5.06 Å². The molecule has 1 N–H and O–H groups in total. The van der Waals surface area contributed by atoms with Gasteiger partial charge in [0.1, 0.15) is 6.04 Å². The Kier molecular flexibility index (Phi) is 2.44. The molecule has 1 heterocycles. The SMILES string of the molecule is O=C(O)[C@@H]1CCCN1O[N+](=O)[O-]. The summed E-state index contributed by atoms with van der Waals surface area (Å²) < 4.78 is 0. The number of hydrogen-bond acceptors (Lipinski definition) is 5. The first-order valence-electron chi connectivity index (χ1n) is 3.43. The van der Waals surface area contributed by atoms with Crippen LogP contribution in [0, 0.1) is 10.1 Å². The van der Waals surface area contributed by atoms with Crippen LogP contribution in [0.4, 0.5) is 0 Å². The van der Waals surface area contributed by atoms with Crippen LogP contribution in [0.5, 0.6) is 0 Å². The number of aliphatic carboxylic acids is 1. The lowest BCUT2D eigenvalue weighted by Gasteiger charge is -2.16. The summed E-state index contributed by atoms with van der Waals surface area (Å²) in [4.78, 5) is 24.4. The zero-order valence-corrected chi connectivity index (χ0v) is 6.17. The lowest BCUT2D eigenvalue weighted by molar-refractivity contribution is -0.811. The van der Waals surface area contributed by atoms with E-state index >= 15 is 0 Å². The van der Waals surface area contributed by atoms with E-state index in [0.29, 0.717) is 12.8 Å². The molecule has 0 saturated carbocycles. The molecule has 0 radical (unpaired) electrons. The van der Waals surface area contributed by atoms with Gasteiger partial charge in [-0.1, -0.05) is 0 Å². The first-order chi connectivity index (χ1) is 5.61. The van der Waals surface area contributed by atoms with Gasteiger partial charge in [-0.3, -0.25) is 4.79 Å². The molecule has 0 unspecified atom stereocenters. The molecule has 1 rings (SSSR count). The molecule has 1 aliphatic heterocycles. The van der Waals surface area contributed by atoms with Crippen molar-refractivity contribution in [3.63, 3.8) is 0 Å². The van der Waals surface area contributed by atoms with Gasteiger partial charge in [-0.15, -0.1) is 15.2 Å². The molecular formula is C5H8N2O5. The number of rotatable bonds is 3. The minimum atomic E-state index is -1.09. The van der Waals surface area contributed by atoms with Gasteiger partial charge in [-0.05, 0) is 12.8 Å². The van der Waals surface area contributed by atoms with Crippen molar-refractivity contribution in [1.29, 1.82) is 0 Å². The van der Waals surface area contributed by atoms with Gasteiger partial charge in [0.25, 0.3) is 0 Å². The van der Waals surface area contributed by atoms with Crippen molar-refractivity contribution >= 4 is 5.97 Å². The van der Waals surface area contributed by atoms with Gasteiger partial charge < -0.3 is 5.11 Å². The molecule has 1 saturated heterocycles. The van der Waals surface area contributed by atoms with Crippen LogP contribution >= 0.6 is 0 Å². The van der Waals surface area contributed by atoms with E-state index in [9.17, 15) is 14.9 Å². The van der Waals surface area contributed by atoms with Crippen molar-refractivity contribution in [2.45, 2.75) is 18.9 Å². The van der Waals surface area contributed by atoms with Gasteiger partial charge in [-0.25, -0.2) is 4.94 Å². The second-order valence-corrected chi connectivity index (χ2v) is 2.44. The third kappa shape index (κ3) is 1.82. The van der Waals surface area contributed by atoms with Crippen LogP contribution in [0.1, 0.15) is 12.8 Å². The molecular weight excluding hydrogens is 168 g/mol. The highest BCUT2D eigenvalue weighted by atomic mass is 17.0. The monoisotopic (exact) mass is 176 g/mol. The van der Waals surface area contributed by atoms with E-state index in [1.54, 1.807) is 0 Å². The molecule has 1 aliphatic rings. The summed E-state index contributed by atoms with van der Waals surface area (Å²) in [5.41, 5.74) is 0. The molecule has 0 amide bonds. The Hall–Kier alpha value is -1.37. The largest absolute Gasteiger partial charge is 0.480 e. The van der Waals surface area contributed by atoms with Crippen LogP contribution in [-0.2, 0) is 9.73 Å². The van der Waals surface area contributed by atoms with Gasteiger partial charge in [-0.2, -0.15) is 0 Å². The Labute approximate surface area is 67.6 Å². The second-order valence-electron chi connectivity index (χ2n) is 2.44. The highest BCUT2D eigenvalue weighted by Crippen LogP contribution is 2.17. The summed E-state index contributed by atoms with van der Waals surface area (Å²) in [6.45, 7) is 0.290. The maximum atomic E-state index is 10.4. The average Bonchev–Trinajstić information content (AvgIpc) is 2.33. The lowest BCUT2D eigenvalue weighted by Crippen LogP contribution is -2.37. The van der Waals surface area contributed by atoms with E-state index in [1.807, 2.05) is 0 Å². The van der Waals surface area contributed by atoms with Crippen molar-refractivity contribution in [2.75, 3.05) is 6.54 Å². The van der Waals surface area contributed by atoms with Crippen LogP contribution < -0.4 is 0 Å². The van der Waals surface area contributed by atoms with Crippen LogP contribution in [0.25, 0.3) is 0 Å². The quantitative estimate of drug-likeness (QED) is 0.467. The van der Waals surface area contributed by atoms with Crippen molar-refractivity contribution < 1.29 is 19.9 Å². The van der Waals surface area contributed by atoms with Crippen LogP contribution in [0.3, 0.4) is 0 Å². The molecule has 0 bridgehead atoms. The van der Waals surface area contributed by atoms with Gasteiger partial charge >= 0.3 is 11.1 Å². The molecule has 1 atom stereocenters.